The van der Waals surface area contributed by atoms with Gasteiger partial charge in [-0.1, -0.05) is 29.8 Å². The monoisotopic (exact) mass is 368 g/mol. The molecular formula is C20H14ClFN2O2. The Hall–Kier alpha value is -3.10. The SMILES string of the molecule is Cc1cc(-c2ccc(F)cc2OCc2ccccc2Cl)c(C#N)c(=O)[nH]1. The van der Waals surface area contributed by atoms with E-state index in [1.54, 1.807) is 31.2 Å². The highest BCUT2D eigenvalue weighted by atomic mass is 35.5. The fourth-order valence-electron chi connectivity index (χ4n) is 2.62. The lowest BCUT2D eigenvalue weighted by molar-refractivity contribution is 0.306. The molecule has 0 aliphatic carbocycles. The van der Waals surface area contributed by atoms with E-state index < -0.39 is 11.4 Å². The number of nitriles is 1. The maximum Gasteiger partial charge on any atom is 0.266 e. The van der Waals surface area contributed by atoms with Crippen LogP contribution in [0.15, 0.2) is 53.3 Å². The quantitative estimate of drug-likeness (QED) is 0.732. The standard InChI is InChI=1S/C20H14ClFN2O2/c1-12-8-16(17(10-23)20(25)24-12)15-7-6-14(22)9-19(15)26-11-13-4-2-3-5-18(13)21/h2-9H,11H2,1H3,(H,24,25). The molecule has 0 fully saturated rings. The molecule has 0 unspecified atom stereocenters. The van der Waals surface area contributed by atoms with Gasteiger partial charge in [-0.05, 0) is 31.2 Å². The van der Waals surface area contributed by atoms with Crippen molar-refractivity contribution in [1.29, 1.82) is 5.26 Å². The highest BCUT2D eigenvalue weighted by Crippen LogP contribution is 2.33. The molecule has 0 saturated heterocycles. The Morgan fingerprint density at radius 2 is 1.96 bits per heavy atom. The molecule has 0 saturated carbocycles. The lowest BCUT2D eigenvalue weighted by Gasteiger charge is -2.14. The third kappa shape index (κ3) is 3.61. The van der Waals surface area contributed by atoms with Crippen molar-refractivity contribution in [2.24, 2.45) is 0 Å². The van der Waals surface area contributed by atoms with Crippen LogP contribution in [0.2, 0.25) is 5.02 Å². The van der Waals surface area contributed by atoms with Crippen LogP contribution in [0.5, 0.6) is 5.75 Å². The molecular weight excluding hydrogens is 355 g/mol. The normalized spacial score (nSPS) is 10.4. The Bertz CT molecular complexity index is 1070. The van der Waals surface area contributed by atoms with Gasteiger partial charge in [0.2, 0.25) is 0 Å². The molecule has 0 amide bonds. The van der Waals surface area contributed by atoms with Gasteiger partial charge in [0.1, 0.15) is 29.8 Å². The Morgan fingerprint density at radius 3 is 2.69 bits per heavy atom. The third-order valence-electron chi connectivity index (χ3n) is 3.85. The summed E-state index contributed by atoms with van der Waals surface area (Å²) < 4.78 is 19.5. The predicted molar refractivity (Wildman–Crippen MR) is 97.7 cm³/mol. The summed E-state index contributed by atoms with van der Waals surface area (Å²) in [5, 5.41) is 9.88. The molecule has 3 rings (SSSR count). The zero-order chi connectivity index (χ0) is 18.7. The van der Waals surface area contributed by atoms with Crippen LogP contribution in [0.4, 0.5) is 4.39 Å². The Morgan fingerprint density at radius 1 is 1.19 bits per heavy atom. The number of hydrogen-bond acceptors (Lipinski definition) is 3. The number of aryl methyl sites for hydroxylation is 1. The van der Waals surface area contributed by atoms with Gasteiger partial charge in [-0.2, -0.15) is 5.26 Å². The minimum absolute atomic E-state index is 0.0511. The number of halogens is 2. The number of hydrogen-bond donors (Lipinski definition) is 1. The van der Waals surface area contributed by atoms with Crippen LogP contribution in [0.25, 0.3) is 11.1 Å². The highest BCUT2D eigenvalue weighted by Gasteiger charge is 2.16. The maximum atomic E-state index is 13.8. The fourth-order valence-corrected chi connectivity index (χ4v) is 2.81. The largest absolute Gasteiger partial charge is 0.488 e. The molecule has 130 valence electrons. The molecule has 1 N–H and O–H groups in total. The lowest BCUT2D eigenvalue weighted by Crippen LogP contribution is -2.13. The topological polar surface area (TPSA) is 65.9 Å². The van der Waals surface area contributed by atoms with Gasteiger partial charge in [-0.25, -0.2) is 4.39 Å². The molecule has 6 heteroatoms. The van der Waals surface area contributed by atoms with Gasteiger partial charge < -0.3 is 9.72 Å². The first-order valence-electron chi connectivity index (χ1n) is 7.79. The molecule has 0 aliphatic rings. The molecule has 26 heavy (non-hydrogen) atoms. The number of nitrogens with zero attached hydrogens (tertiary/aromatic N) is 1. The molecule has 0 atom stereocenters. The number of H-pyrrole nitrogens is 1. The zero-order valence-corrected chi connectivity index (χ0v) is 14.6. The van der Waals surface area contributed by atoms with Crippen molar-refractivity contribution in [3.8, 4) is 22.9 Å². The van der Waals surface area contributed by atoms with E-state index in [1.165, 1.54) is 18.2 Å². The van der Waals surface area contributed by atoms with Crippen molar-refractivity contribution in [2.75, 3.05) is 0 Å². The van der Waals surface area contributed by atoms with E-state index in [-0.39, 0.29) is 17.9 Å². The van der Waals surface area contributed by atoms with Crippen LogP contribution in [0.3, 0.4) is 0 Å². The summed E-state index contributed by atoms with van der Waals surface area (Å²) >= 11 is 6.13. The van der Waals surface area contributed by atoms with E-state index in [1.807, 2.05) is 12.1 Å². The number of aromatic amines is 1. The zero-order valence-electron chi connectivity index (χ0n) is 13.8. The predicted octanol–water partition coefficient (Wildman–Crippen LogP) is 4.59. The molecule has 0 bridgehead atoms. The van der Waals surface area contributed by atoms with Gasteiger partial charge in [0.15, 0.2) is 0 Å². The van der Waals surface area contributed by atoms with Crippen LogP contribution >= 0.6 is 11.6 Å². The first-order chi connectivity index (χ1) is 12.5. The average Bonchev–Trinajstić information content (AvgIpc) is 2.60. The van der Waals surface area contributed by atoms with Gasteiger partial charge >= 0.3 is 0 Å². The van der Waals surface area contributed by atoms with Gasteiger partial charge in [0.25, 0.3) is 5.56 Å². The maximum absolute atomic E-state index is 13.8. The second-order valence-electron chi connectivity index (χ2n) is 5.70. The van der Waals surface area contributed by atoms with Crippen molar-refractivity contribution in [3.63, 3.8) is 0 Å². The van der Waals surface area contributed by atoms with E-state index in [9.17, 15) is 14.4 Å². The van der Waals surface area contributed by atoms with Crippen molar-refractivity contribution in [3.05, 3.63) is 86.5 Å². The molecule has 4 nitrogen and oxygen atoms in total. The Labute approximate surface area is 154 Å². The second kappa shape index (κ2) is 7.42. The molecule has 0 aliphatic heterocycles. The Kier molecular flexibility index (Phi) is 5.06. The second-order valence-corrected chi connectivity index (χ2v) is 6.11. The van der Waals surface area contributed by atoms with Crippen LogP contribution < -0.4 is 10.3 Å². The van der Waals surface area contributed by atoms with E-state index >= 15 is 0 Å². The smallest absolute Gasteiger partial charge is 0.266 e. The summed E-state index contributed by atoms with van der Waals surface area (Å²) in [5.41, 5.74) is 1.64. The fraction of sp³-hybridized carbons (Fsp3) is 0.100. The van der Waals surface area contributed by atoms with Gasteiger partial charge in [0.05, 0.1) is 0 Å². The van der Waals surface area contributed by atoms with E-state index in [2.05, 4.69) is 4.98 Å². The first-order valence-corrected chi connectivity index (χ1v) is 8.17. The van der Waals surface area contributed by atoms with E-state index in [0.29, 0.717) is 21.8 Å². The van der Waals surface area contributed by atoms with Crippen LogP contribution in [-0.2, 0) is 6.61 Å². The summed E-state index contributed by atoms with van der Waals surface area (Å²) in [4.78, 5) is 14.6. The van der Waals surface area contributed by atoms with Crippen molar-refractivity contribution in [1.82, 2.24) is 4.98 Å². The van der Waals surface area contributed by atoms with E-state index in [0.717, 1.165) is 5.56 Å². The molecule has 1 heterocycles. The highest BCUT2D eigenvalue weighted by molar-refractivity contribution is 6.31. The minimum atomic E-state index is -0.496. The summed E-state index contributed by atoms with van der Waals surface area (Å²) in [5.74, 6) is -0.255. The number of aromatic nitrogens is 1. The van der Waals surface area contributed by atoms with Gasteiger partial charge in [0, 0.05) is 33.5 Å². The third-order valence-corrected chi connectivity index (χ3v) is 4.22. The number of rotatable bonds is 4. The number of ether oxygens (including phenoxy) is 1. The molecule has 2 aromatic carbocycles. The summed E-state index contributed by atoms with van der Waals surface area (Å²) in [6.07, 6.45) is 0. The van der Waals surface area contributed by atoms with Crippen LogP contribution in [-0.4, -0.2) is 4.98 Å². The Balaban J connectivity index is 2.07. The first kappa shape index (κ1) is 17.7. The van der Waals surface area contributed by atoms with Crippen molar-refractivity contribution < 1.29 is 9.13 Å². The van der Waals surface area contributed by atoms with Crippen LogP contribution in [0, 0.1) is 24.1 Å². The summed E-state index contributed by atoms with van der Waals surface area (Å²) in [6.45, 7) is 1.83. The number of nitrogens with one attached hydrogen (secondary N) is 1. The lowest BCUT2D eigenvalue weighted by atomic mass is 10.00. The van der Waals surface area contributed by atoms with E-state index in [4.69, 9.17) is 16.3 Å². The number of benzene rings is 2. The molecule has 1 aromatic heterocycles. The van der Waals surface area contributed by atoms with Crippen molar-refractivity contribution in [2.45, 2.75) is 13.5 Å². The average molecular weight is 369 g/mol. The van der Waals surface area contributed by atoms with Crippen LogP contribution in [0.1, 0.15) is 16.8 Å². The molecule has 3 aromatic rings. The minimum Gasteiger partial charge on any atom is -0.488 e. The molecule has 0 spiro atoms. The van der Waals surface area contributed by atoms with Gasteiger partial charge in [-0.15, -0.1) is 0 Å². The summed E-state index contributed by atoms with van der Waals surface area (Å²) in [7, 11) is 0. The van der Waals surface area contributed by atoms with Crippen molar-refractivity contribution >= 4 is 11.6 Å². The summed E-state index contributed by atoms with van der Waals surface area (Å²) in [6, 6.07) is 14.7. The number of pyridine rings is 1. The van der Waals surface area contributed by atoms with Gasteiger partial charge in [-0.3, -0.25) is 4.79 Å². The molecule has 0 radical (unpaired) electrons.